The monoisotopic (exact) mass is 285 g/mol. The SMILES string of the molecule is Cc1sc(C(=O)O)cc1S(=O)(=O)NCC(F)F. The average Bonchev–Trinajstić information content (AvgIpc) is 2.58. The normalized spacial score (nSPS) is 12.0. The molecule has 0 saturated carbocycles. The van der Waals surface area contributed by atoms with E-state index in [4.69, 9.17) is 5.11 Å². The van der Waals surface area contributed by atoms with Crippen molar-refractivity contribution in [2.75, 3.05) is 6.54 Å². The highest BCUT2D eigenvalue weighted by molar-refractivity contribution is 7.89. The summed E-state index contributed by atoms with van der Waals surface area (Å²) < 4.78 is 48.6. The smallest absolute Gasteiger partial charge is 0.345 e. The van der Waals surface area contributed by atoms with Crippen molar-refractivity contribution in [3.8, 4) is 0 Å². The Kier molecular flexibility index (Phi) is 4.17. The number of thiophene rings is 1. The number of sulfonamides is 1. The van der Waals surface area contributed by atoms with Crippen molar-refractivity contribution in [1.29, 1.82) is 0 Å². The summed E-state index contributed by atoms with van der Waals surface area (Å²) >= 11 is 0.777. The van der Waals surface area contributed by atoms with E-state index >= 15 is 0 Å². The molecule has 0 amide bonds. The lowest BCUT2D eigenvalue weighted by atomic mass is 10.4. The van der Waals surface area contributed by atoms with Crippen LogP contribution in [0.1, 0.15) is 14.5 Å². The van der Waals surface area contributed by atoms with Crippen molar-refractivity contribution in [3.63, 3.8) is 0 Å². The molecule has 2 N–H and O–H groups in total. The molecule has 17 heavy (non-hydrogen) atoms. The second-order valence-electron chi connectivity index (χ2n) is 3.08. The molecule has 0 aliphatic heterocycles. The van der Waals surface area contributed by atoms with E-state index in [9.17, 15) is 22.0 Å². The Bertz CT molecular complexity index is 524. The van der Waals surface area contributed by atoms with E-state index in [2.05, 4.69) is 0 Å². The van der Waals surface area contributed by atoms with Crippen LogP contribution in [0.25, 0.3) is 0 Å². The molecule has 0 aliphatic rings. The summed E-state index contributed by atoms with van der Waals surface area (Å²) in [5.74, 6) is -1.26. The summed E-state index contributed by atoms with van der Waals surface area (Å²) in [5, 5.41) is 8.68. The number of hydrogen-bond acceptors (Lipinski definition) is 4. The molecule has 0 spiro atoms. The summed E-state index contributed by atoms with van der Waals surface area (Å²) in [4.78, 5) is 10.4. The zero-order valence-electron chi connectivity index (χ0n) is 8.61. The summed E-state index contributed by atoms with van der Waals surface area (Å²) in [6.07, 6.45) is -2.80. The second-order valence-corrected chi connectivity index (χ2v) is 6.07. The van der Waals surface area contributed by atoms with Gasteiger partial charge in [0.2, 0.25) is 10.0 Å². The number of rotatable bonds is 5. The minimum Gasteiger partial charge on any atom is -0.477 e. The second kappa shape index (κ2) is 5.07. The average molecular weight is 285 g/mol. The molecule has 1 aromatic heterocycles. The fourth-order valence-electron chi connectivity index (χ4n) is 1.09. The van der Waals surface area contributed by atoms with Gasteiger partial charge in [-0.15, -0.1) is 11.3 Å². The Morgan fingerprint density at radius 3 is 2.59 bits per heavy atom. The number of nitrogens with one attached hydrogen (secondary N) is 1. The molecule has 1 aromatic rings. The third kappa shape index (κ3) is 3.45. The van der Waals surface area contributed by atoms with Crippen LogP contribution in [0.4, 0.5) is 8.78 Å². The van der Waals surface area contributed by atoms with E-state index in [1.165, 1.54) is 6.92 Å². The molecule has 0 aromatic carbocycles. The van der Waals surface area contributed by atoms with Crippen molar-refractivity contribution in [1.82, 2.24) is 4.72 Å². The summed E-state index contributed by atoms with van der Waals surface area (Å²) in [7, 11) is -4.08. The molecule has 1 rings (SSSR count). The quantitative estimate of drug-likeness (QED) is 0.854. The van der Waals surface area contributed by atoms with Gasteiger partial charge < -0.3 is 5.11 Å². The van der Waals surface area contributed by atoms with Crippen LogP contribution in [-0.4, -0.2) is 32.5 Å². The van der Waals surface area contributed by atoms with Gasteiger partial charge in [0.15, 0.2) is 0 Å². The van der Waals surface area contributed by atoms with Crippen LogP contribution in [0.3, 0.4) is 0 Å². The van der Waals surface area contributed by atoms with Crippen molar-refractivity contribution in [2.24, 2.45) is 0 Å². The first kappa shape index (κ1) is 14.0. The van der Waals surface area contributed by atoms with E-state index in [1.54, 1.807) is 4.72 Å². The van der Waals surface area contributed by atoms with E-state index in [-0.39, 0.29) is 14.6 Å². The Hall–Kier alpha value is -1.06. The van der Waals surface area contributed by atoms with E-state index < -0.39 is 29.0 Å². The minimum absolute atomic E-state index is 0.153. The Morgan fingerprint density at radius 2 is 2.18 bits per heavy atom. The standard InChI is InChI=1S/C8H9F2NO4S2/c1-4-6(2-5(16-4)8(12)13)17(14,15)11-3-7(9)10/h2,7,11H,3H2,1H3,(H,12,13). The topological polar surface area (TPSA) is 83.5 Å². The molecular weight excluding hydrogens is 276 g/mol. The maximum absolute atomic E-state index is 11.9. The lowest BCUT2D eigenvalue weighted by Crippen LogP contribution is -2.28. The van der Waals surface area contributed by atoms with Crippen LogP contribution < -0.4 is 4.72 Å². The van der Waals surface area contributed by atoms with Gasteiger partial charge in [0, 0.05) is 4.88 Å². The van der Waals surface area contributed by atoms with Crippen LogP contribution in [0.5, 0.6) is 0 Å². The number of aryl methyl sites for hydroxylation is 1. The molecule has 0 saturated heterocycles. The van der Waals surface area contributed by atoms with Crippen LogP contribution in [0, 0.1) is 6.92 Å². The van der Waals surface area contributed by atoms with Gasteiger partial charge in [-0.05, 0) is 13.0 Å². The van der Waals surface area contributed by atoms with E-state index in [0.717, 1.165) is 17.4 Å². The maximum atomic E-state index is 11.9. The molecule has 0 aliphatic carbocycles. The number of alkyl halides is 2. The van der Waals surface area contributed by atoms with Gasteiger partial charge in [-0.1, -0.05) is 0 Å². The molecule has 9 heteroatoms. The fraction of sp³-hybridized carbons (Fsp3) is 0.375. The van der Waals surface area contributed by atoms with Gasteiger partial charge in [-0.3, -0.25) is 0 Å². The predicted molar refractivity (Wildman–Crippen MR) is 57.2 cm³/mol. The number of carboxylic acids is 1. The lowest BCUT2D eigenvalue weighted by molar-refractivity contribution is 0.0702. The Balaban J connectivity index is 3.03. The number of carbonyl (C=O) groups is 1. The Labute approximate surface area is 100 Å². The third-order valence-electron chi connectivity index (χ3n) is 1.80. The predicted octanol–water partition coefficient (Wildman–Crippen LogP) is 1.30. The molecule has 0 unspecified atom stereocenters. The first-order valence-electron chi connectivity index (χ1n) is 4.35. The van der Waals surface area contributed by atoms with Gasteiger partial charge in [0.1, 0.15) is 4.88 Å². The molecular formula is C8H9F2NO4S2. The van der Waals surface area contributed by atoms with Gasteiger partial charge in [-0.2, -0.15) is 0 Å². The van der Waals surface area contributed by atoms with Crippen LogP contribution in [-0.2, 0) is 10.0 Å². The molecule has 0 atom stereocenters. The van der Waals surface area contributed by atoms with Crippen molar-refractivity contribution in [2.45, 2.75) is 18.2 Å². The highest BCUT2D eigenvalue weighted by atomic mass is 32.2. The van der Waals surface area contributed by atoms with E-state index in [1.807, 2.05) is 0 Å². The summed E-state index contributed by atoms with van der Waals surface area (Å²) in [6.45, 7) is 0.411. The molecule has 1 heterocycles. The van der Waals surface area contributed by atoms with Crippen LogP contribution >= 0.6 is 11.3 Å². The van der Waals surface area contributed by atoms with Crippen LogP contribution in [0.15, 0.2) is 11.0 Å². The number of carboxylic acid groups (broad SMARTS) is 1. The molecule has 96 valence electrons. The number of halogens is 2. The molecule has 5 nitrogen and oxygen atoms in total. The van der Waals surface area contributed by atoms with Gasteiger partial charge >= 0.3 is 5.97 Å². The van der Waals surface area contributed by atoms with Crippen LogP contribution in [0.2, 0.25) is 0 Å². The van der Waals surface area contributed by atoms with Crippen molar-refractivity contribution < 1.29 is 27.1 Å². The highest BCUT2D eigenvalue weighted by Gasteiger charge is 2.22. The zero-order valence-corrected chi connectivity index (χ0v) is 10.2. The maximum Gasteiger partial charge on any atom is 0.345 e. The highest BCUT2D eigenvalue weighted by Crippen LogP contribution is 2.25. The first-order chi connectivity index (χ1) is 7.74. The summed E-state index contributed by atoms with van der Waals surface area (Å²) in [5.41, 5.74) is 0. The minimum atomic E-state index is -4.08. The van der Waals surface area contributed by atoms with Gasteiger partial charge in [0.05, 0.1) is 11.4 Å². The number of aromatic carboxylic acids is 1. The van der Waals surface area contributed by atoms with Gasteiger partial charge in [0.25, 0.3) is 6.43 Å². The summed E-state index contributed by atoms with van der Waals surface area (Å²) in [6, 6.07) is 0.955. The largest absolute Gasteiger partial charge is 0.477 e. The fourth-order valence-corrected chi connectivity index (χ4v) is 3.52. The Morgan fingerprint density at radius 1 is 1.59 bits per heavy atom. The molecule has 0 bridgehead atoms. The number of hydrogen-bond donors (Lipinski definition) is 2. The third-order valence-corrected chi connectivity index (χ3v) is 4.52. The van der Waals surface area contributed by atoms with E-state index in [0.29, 0.717) is 0 Å². The molecule has 0 radical (unpaired) electrons. The molecule has 0 fully saturated rings. The zero-order chi connectivity index (χ0) is 13.2. The first-order valence-corrected chi connectivity index (χ1v) is 6.65. The van der Waals surface area contributed by atoms with Crippen molar-refractivity contribution >= 4 is 27.3 Å². The van der Waals surface area contributed by atoms with Gasteiger partial charge in [-0.25, -0.2) is 26.7 Å². The lowest BCUT2D eigenvalue weighted by Gasteiger charge is -2.04. The van der Waals surface area contributed by atoms with Crippen molar-refractivity contribution in [3.05, 3.63) is 15.8 Å².